The minimum atomic E-state index is -0.183. The summed E-state index contributed by atoms with van der Waals surface area (Å²) in [5.74, 6) is 1.26. The highest BCUT2D eigenvalue weighted by molar-refractivity contribution is 5.94. The summed E-state index contributed by atoms with van der Waals surface area (Å²) in [5, 5.41) is 13.2. The highest BCUT2D eigenvalue weighted by Crippen LogP contribution is 2.20. The van der Waals surface area contributed by atoms with Crippen molar-refractivity contribution < 1.29 is 14.3 Å². The van der Waals surface area contributed by atoms with Gasteiger partial charge in [-0.15, -0.1) is 12.4 Å². The minimum Gasteiger partial charge on any atom is -0.497 e. The molecule has 2 aromatic rings. The van der Waals surface area contributed by atoms with Crippen molar-refractivity contribution in [3.63, 3.8) is 0 Å². The molecule has 1 aromatic carbocycles. The first-order valence-corrected chi connectivity index (χ1v) is 8.03. The molecule has 136 valence electrons. The van der Waals surface area contributed by atoms with Gasteiger partial charge in [-0.3, -0.25) is 9.89 Å². The minimum absolute atomic E-state index is 0. The van der Waals surface area contributed by atoms with Crippen LogP contribution in [0, 0.1) is 0 Å². The monoisotopic (exact) mass is 366 g/mol. The zero-order valence-electron chi connectivity index (χ0n) is 14.3. The number of H-pyrrole nitrogens is 1. The summed E-state index contributed by atoms with van der Waals surface area (Å²) in [5.41, 5.74) is 2.46. The Morgan fingerprint density at radius 2 is 2.20 bits per heavy atom. The second-order valence-corrected chi connectivity index (χ2v) is 5.77. The first-order valence-electron chi connectivity index (χ1n) is 8.03. The SMILES string of the molecule is COc1cccc(OC(C)CNC(=O)c2n[nH]c3c2CNCC3)c1.Cl. The third-order valence-electron chi connectivity index (χ3n) is 3.95. The number of carbonyl (C=O) groups is 1. The van der Waals surface area contributed by atoms with Crippen molar-refractivity contribution in [3.05, 3.63) is 41.2 Å². The predicted octanol–water partition coefficient (Wildman–Crippen LogP) is 1.68. The number of amides is 1. The molecule has 25 heavy (non-hydrogen) atoms. The summed E-state index contributed by atoms with van der Waals surface area (Å²) in [6, 6.07) is 7.39. The average Bonchev–Trinajstić information content (AvgIpc) is 3.04. The van der Waals surface area contributed by atoms with Gasteiger partial charge in [-0.05, 0) is 19.1 Å². The van der Waals surface area contributed by atoms with Crippen LogP contribution in [0.15, 0.2) is 24.3 Å². The fourth-order valence-electron chi connectivity index (χ4n) is 2.68. The molecule has 1 aliphatic heterocycles. The number of carbonyl (C=O) groups excluding carboxylic acids is 1. The fourth-order valence-corrected chi connectivity index (χ4v) is 2.68. The molecule has 0 radical (unpaired) electrons. The molecular weight excluding hydrogens is 344 g/mol. The number of hydrogen-bond donors (Lipinski definition) is 3. The Kier molecular flexibility index (Phi) is 6.66. The zero-order valence-corrected chi connectivity index (χ0v) is 15.1. The molecule has 0 saturated carbocycles. The molecule has 0 bridgehead atoms. The van der Waals surface area contributed by atoms with Gasteiger partial charge in [0.15, 0.2) is 5.69 Å². The van der Waals surface area contributed by atoms with Gasteiger partial charge in [-0.2, -0.15) is 5.10 Å². The lowest BCUT2D eigenvalue weighted by Crippen LogP contribution is -2.35. The standard InChI is InChI=1S/C17H22N4O3.ClH/c1-11(24-13-5-3-4-12(8-13)23-2)9-19-17(22)16-14-10-18-7-6-15(14)20-21-16;/h3-5,8,11,18H,6-7,9-10H2,1-2H3,(H,19,22)(H,20,21);1H. The van der Waals surface area contributed by atoms with E-state index in [0.717, 1.165) is 30.0 Å². The van der Waals surface area contributed by atoms with Gasteiger partial charge in [-0.1, -0.05) is 6.07 Å². The number of halogens is 1. The fraction of sp³-hybridized carbons (Fsp3) is 0.412. The van der Waals surface area contributed by atoms with Crippen LogP contribution in [0.1, 0.15) is 28.7 Å². The Morgan fingerprint density at radius 1 is 1.40 bits per heavy atom. The van der Waals surface area contributed by atoms with Gasteiger partial charge in [0.2, 0.25) is 0 Å². The molecule has 1 amide bonds. The zero-order chi connectivity index (χ0) is 16.9. The summed E-state index contributed by atoms with van der Waals surface area (Å²) in [4.78, 5) is 12.3. The normalized spacial score (nSPS) is 14.0. The molecule has 7 nitrogen and oxygen atoms in total. The molecule has 1 unspecified atom stereocenters. The molecule has 0 fully saturated rings. The van der Waals surface area contributed by atoms with Crippen molar-refractivity contribution >= 4 is 18.3 Å². The number of ether oxygens (including phenoxy) is 2. The Balaban J connectivity index is 0.00000225. The molecule has 1 aliphatic rings. The average molecular weight is 367 g/mol. The van der Waals surface area contributed by atoms with Crippen LogP contribution in [0.3, 0.4) is 0 Å². The van der Waals surface area contributed by atoms with E-state index < -0.39 is 0 Å². The van der Waals surface area contributed by atoms with E-state index in [1.54, 1.807) is 7.11 Å². The van der Waals surface area contributed by atoms with E-state index in [4.69, 9.17) is 9.47 Å². The smallest absolute Gasteiger partial charge is 0.272 e. The van der Waals surface area contributed by atoms with E-state index >= 15 is 0 Å². The van der Waals surface area contributed by atoms with Crippen LogP contribution in [0.2, 0.25) is 0 Å². The van der Waals surface area contributed by atoms with Crippen molar-refractivity contribution in [2.75, 3.05) is 20.2 Å². The number of nitrogens with zero attached hydrogens (tertiary/aromatic N) is 1. The van der Waals surface area contributed by atoms with E-state index in [2.05, 4.69) is 20.8 Å². The summed E-state index contributed by atoms with van der Waals surface area (Å²) < 4.78 is 11.0. The van der Waals surface area contributed by atoms with Gasteiger partial charge >= 0.3 is 0 Å². The third-order valence-corrected chi connectivity index (χ3v) is 3.95. The van der Waals surface area contributed by atoms with Crippen LogP contribution in [0.5, 0.6) is 11.5 Å². The lowest BCUT2D eigenvalue weighted by molar-refractivity contribution is 0.0926. The molecule has 3 N–H and O–H groups in total. The summed E-state index contributed by atoms with van der Waals surface area (Å²) >= 11 is 0. The summed E-state index contributed by atoms with van der Waals surface area (Å²) in [6.45, 7) is 3.87. The molecule has 3 rings (SSSR count). The van der Waals surface area contributed by atoms with Crippen LogP contribution >= 0.6 is 12.4 Å². The Labute approximate surface area is 152 Å². The van der Waals surface area contributed by atoms with Crippen LogP contribution in [0.4, 0.5) is 0 Å². The molecule has 1 aromatic heterocycles. The maximum atomic E-state index is 12.3. The van der Waals surface area contributed by atoms with Gasteiger partial charge in [0.1, 0.15) is 17.6 Å². The maximum Gasteiger partial charge on any atom is 0.272 e. The molecule has 0 saturated heterocycles. The number of benzene rings is 1. The Hall–Kier alpha value is -2.25. The van der Waals surface area contributed by atoms with Gasteiger partial charge in [0, 0.05) is 36.8 Å². The summed E-state index contributed by atoms with van der Waals surface area (Å²) in [6.07, 6.45) is 0.694. The molecule has 0 aliphatic carbocycles. The Bertz CT molecular complexity index is 720. The second kappa shape index (κ2) is 8.73. The topological polar surface area (TPSA) is 88.3 Å². The molecular formula is C17H23ClN4O3. The highest BCUT2D eigenvalue weighted by Gasteiger charge is 2.21. The van der Waals surface area contributed by atoms with E-state index in [0.29, 0.717) is 24.5 Å². The lowest BCUT2D eigenvalue weighted by Gasteiger charge is -2.16. The molecule has 8 heteroatoms. The van der Waals surface area contributed by atoms with E-state index in [1.807, 2.05) is 31.2 Å². The van der Waals surface area contributed by atoms with Crippen LogP contribution in [-0.2, 0) is 13.0 Å². The maximum absolute atomic E-state index is 12.3. The van der Waals surface area contributed by atoms with Crippen LogP contribution in [-0.4, -0.2) is 42.4 Å². The lowest BCUT2D eigenvalue weighted by atomic mass is 10.1. The quantitative estimate of drug-likeness (QED) is 0.724. The van der Waals surface area contributed by atoms with Crippen LogP contribution in [0.25, 0.3) is 0 Å². The number of methoxy groups -OCH3 is 1. The van der Waals surface area contributed by atoms with Gasteiger partial charge in [-0.25, -0.2) is 0 Å². The van der Waals surface area contributed by atoms with Gasteiger partial charge in [0.25, 0.3) is 5.91 Å². The first kappa shape index (κ1) is 19.1. The number of aromatic amines is 1. The van der Waals surface area contributed by atoms with Crippen molar-refractivity contribution in [2.24, 2.45) is 0 Å². The van der Waals surface area contributed by atoms with Gasteiger partial charge in [0.05, 0.1) is 13.7 Å². The highest BCUT2D eigenvalue weighted by atomic mass is 35.5. The van der Waals surface area contributed by atoms with Crippen molar-refractivity contribution in [2.45, 2.75) is 26.0 Å². The van der Waals surface area contributed by atoms with Crippen molar-refractivity contribution in [1.82, 2.24) is 20.8 Å². The number of nitrogens with one attached hydrogen (secondary N) is 3. The van der Waals surface area contributed by atoms with E-state index in [9.17, 15) is 4.79 Å². The first-order chi connectivity index (χ1) is 11.7. The third kappa shape index (κ3) is 4.64. The molecule has 0 spiro atoms. The number of hydrogen-bond acceptors (Lipinski definition) is 5. The van der Waals surface area contributed by atoms with Crippen molar-refractivity contribution in [1.29, 1.82) is 0 Å². The number of rotatable bonds is 6. The summed E-state index contributed by atoms with van der Waals surface area (Å²) in [7, 11) is 1.61. The Morgan fingerprint density at radius 3 is 3.00 bits per heavy atom. The van der Waals surface area contributed by atoms with Gasteiger partial charge < -0.3 is 20.1 Å². The molecule has 1 atom stereocenters. The second-order valence-electron chi connectivity index (χ2n) is 5.77. The van der Waals surface area contributed by atoms with E-state index in [1.165, 1.54) is 0 Å². The number of aromatic nitrogens is 2. The largest absolute Gasteiger partial charge is 0.497 e. The van der Waals surface area contributed by atoms with E-state index in [-0.39, 0.29) is 24.4 Å². The van der Waals surface area contributed by atoms with Crippen molar-refractivity contribution in [3.8, 4) is 11.5 Å². The number of fused-ring (bicyclic) bond motifs is 1. The predicted molar refractivity (Wildman–Crippen MR) is 96.7 cm³/mol. The van der Waals surface area contributed by atoms with Crippen LogP contribution < -0.4 is 20.1 Å². The molecule has 2 heterocycles.